The molecule has 11 heavy (non-hydrogen) atoms. The first-order valence-corrected chi connectivity index (χ1v) is 3.91. The normalized spacial score (nSPS) is 9.18. The zero-order valence-electron chi connectivity index (χ0n) is 5.77. The molecule has 0 heterocycles. The van der Waals surface area contributed by atoms with Crippen LogP contribution in [0.3, 0.4) is 0 Å². The van der Waals surface area contributed by atoms with Crippen molar-refractivity contribution in [3.8, 4) is 12.3 Å². The van der Waals surface area contributed by atoms with Crippen LogP contribution in [0.5, 0.6) is 0 Å². The molecule has 0 spiro atoms. The lowest BCUT2D eigenvalue weighted by molar-refractivity contribution is 0.619. The van der Waals surface area contributed by atoms with Gasteiger partial charge in [-0.2, -0.15) is 0 Å². The van der Waals surface area contributed by atoms with Gasteiger partial charge in [0.1, 0.15) is 5.82 Å². The molecule has 1 aromatic carbocycles. The third kappa shape index (κ3) is 1.81. The number of benzene rings is 1. The Balaban J connectivity index is 3.08. The molecule has 0 unspecified atom stereocenters. The predicted molar refractivity (Wildman–Crippen MR) is 46.6 cm³/mol. The molecule has 0 aliphatic heterocycles. The Kier molecular flexibility index (Phi) is 2.67. The van der Waals surface area contributed by atoms with Crippen LogP contribution in [-0.2, 0) is 6.42 Å². The molecule has 0 nitrogen and oxygen atoms in total. The van der Waals surface area contributed by atoms with Gasteiger partial charge < -0.3 is 0 Å². The van der Waals surface area contributed by atoms with Gasteiger partial charge in [-0.3, -0.25) is 0 Å². The molecule has 56 valence electrons. The lowest BCUT2D eigenvalue weighted by Crippen LogP contribution is -1.86. The molecular formula is C9H6BrF. The van der Waals surface area contributed by atoms with E-state index in [1.54, 1.807) is 12.1 Å². The van der Waals surface area contributed by atoms with E-state index in [1.165, 1.54) is 6.07 Å². The lowest BCUT2D eigenvalue weighted by atomic mass is 10.1. The SMILES string of the molecule is C#CCc1cccc(F)c1Br. The molecule has 0 fully saturated rings. The fourth-order valence-electron chi connectivity index (χ4n) is 0.795. The largest absolute Gasteiger partial charge is 0.206 e. The highest BCUT2D eigenvalue weighted by Gasteiger charge is 2.02. The minimum absolute atomic E-state index is 0.266. The van der Waals surface area contributed by atoms with Gasteiger partial charge in [0, 0.05) is 6.42 Å². The Bertz CT molecular complexity index is 299. The smallest absolute Gasteiger partial charge is 0.137 e. The molecule has 1 aromatic rings. The fourth-order valence-corrected chi connectivity index (χ4v) is 1.20. The summed E-state index contributed by atoms with van der Waals surface area (Å²) in [6, 6.07) is 4.84. The van der Waals surface area contributed by atoms with E-state index in [0.717, 1.165) is 5.56 Å². The number of terminal acetylenes is 1. The zero-order valence-corrected chi connectivity index (χ0v) is 7.36. The minimum atomic E-state index is -0.266. The summed E-state index contributed by atoms with van der Waals surface area (Å²) >= 11 is 3.11. The van der Waals surface area contributed by atoms with Gasteiger partial charge in [-0.05, 0) is 27.6 Å². The van der Waals surface area contributed by atoms with Gasteiger partial charge in [0.05, 0.1) is 4.47 Å². The maximum atomic E-state index is 12.8. The zero-order chi connectivity index (χ0) is 8.27. The molecule has 0 atom stereocenters. The molecule has 0 saturated heterocycles. The highest BCUT2D eigenvalue weighted by molar-refractivity contribution is 9.10. The van der Waals surface area contributed by atoms with Crippen molar-refractivity contribution in [2.24, 2.45) is 0 Å². The van der Waals surface area contributed by atoms with Crippen LogP contribution in [0.25, 0.3) is 0 Å². The van der Waals surface area contributed by atoms with Crippen LogP contribution in [0.15, 0.2) is 22.7 Å². The number of rotatable bonds is 1. The Labute approximate surface area is 73.6 Å². The van der Waals surface area contributed by atoms with Crippen molar-refractivity contribution < 1.29 is 4.39 Å². The topological polar surface area (TPSA) is 0 Å². The van der Waals surface area contributed by atoms with Crippen molar-refractivity contribution in [1.82, 2.24) is 0 Å². The van der Waals surface area contributed by atoms with Crippen LogP contribution < -0.4 is 0 Å². The van der Waals surface area contributed by atoms with E-state index in [1.807, 2.05) is 0 Å². The van der Waals surface area contributed by atoms with E-state index >= 15 is 0 Å². The van der Waals surface area contributed by atoms with E-state index in [-0.39, 0.29) is 5.82 Å². The van der Waals surface area contributed by atoms with E-state index in [9.17, 15) is 4.39 Å². The summed E-state index contributed by atoms with van der Waals surface area (Å²) in [6.45, 7) is 0. The summed E-state index contributed by atoms with van der Waals surface area (Å²) in [5.41, 5.74) is 0.813. The molecular weight excluding hydrogens is 207 g/mol. The highest BCUT2D eigenvalue weighted by atomic mass is 79.9. The molecule has 0 radical (unpaired) electrons. The molecule has 1 rings (SSSR count). The first kappa shape index (κ1) is 8.29. The number of halogens is 2. The molecule has 0 saturated carbocycles. The van der Waals surface area contributed by atoms with E-state index in [2.05, 4.69) is 21.9 Å². The van der Waals surface area contributed by atoms with Crippen LogP contribution in [-0.4, -0.2) is 0 Å². The van der Waals surface area contributed by atoms with Crippen LogP contribution in [0.4, 0.5) is 4.39 Å². The average Bonchev–Trinajstić information content (AvgIpc) is 1.99. The van der Waals surface area contributed by atoms with Crippen molar-refractivity contribution in [2.75, 3.05) is 0 Å². The van der Waals surface area contributed by atoms with E-state index in [0.29, 0.717) is 10.9 Å². The summed E-state index contributed by atoms with van der Waals surface area (Å²) < 4.78 is 13.3. The summed E-state index contributed by atoms with van der Waals surface area (Å²) in [5, 5.41) is 0. The summed E-state index contributed by atoms with van der Waals surface area (Å²) in [4.78, 5) is 0. The van der Waals surface area contributed by atoms with Crippen LogP contribution in [0.2, 0.25) is 0 Å². The van der Waals surface area contributed by atoms with Gasteiger partial charge in [0.2, 0.25) is 0 Å². The van der Waals surface area contributed by atoms with Crippen molar-refractivity contribution in [3.05, 3.63) is 34.1 Å². The van der Waals surface area contributed by atoms with Gasteiger partial charge in [-0.25, -0.2) is 4.39 Å². The molecule has 0 amide bonds. The molecule has 0 N–H and O–H groups in total. The third-order valence-corrected chi connectivity index (χ3v) is 2.21. The van der Waals surface area contributed by atoms with Crippen molar-refractivity contribution in [1.29, 1.82) is 0 Å². The Morgan fingerprint density at radius 3 is 2.91 bits per heavy atom. The third-order valence-electron chi connectivity index (χ3n) is 1.32. The average molecular weight is 213 g/mol. The fraction of sp³-hybridized carbons (Fsp3) is 0.111. The van der Waals surface area contributed by atoms with Crippen LogP contribution in [0, 0.1) is 18.2 Å². The van der Waals surface area contributed by atoms with Crippen LogP contribution >= 0.6 is 15.9 Å². The second-order valence-electron chi connectivity index (χ2n) is 2.09. The Hall–Kier alpha value is -0.810. The molecule has 0 aromatic heterocycles. The van der Waals surface area contributed by atoms with Crippen molar-refractivity contribution >= 4 is 15.9 Å². The number of hydrogen-bond acceptors (Lipinski definition) is 0. The molecule has 0 aliphatic rings. The quantitative estimate of drug-likeness (QED) is 0.629. The minimum Gasteiger partial charge on any atom is -0.206 e. The van der Waals surface area contributed by atoms with Crippen molar-refractivity contribution in [3.63, 3.8) is 0 Å². The second kappa shape index (κ2) is 3.54. The highest BCUT2D eigenvalue weighted by Crippen LogP contribution is 2.20. The summed E-state index contributed by atoms with van der Waals surface area (Å²) in [7, 11) is 0. The lowest BCUT2D eigenvalue weighted by Gasteiger charge is -1.99. The first-order valence-electron chi connectivity index (χ1n) is 3.12. The Morgan fingerprint density at radius 2 is 2.27 bits per heavy atom. The summed E-state index contributed by atoms with van der Waals surface area (Å²) in [5.74, 6) is 2.19. The van der Waals surface area contributed by atoms with Gasteiger partial charge in [0.25, 0.3) is 0 Å². The van der Waals surface area contributed by atoms with Gasteiger partial charge in [-0.1, -0.05) is 12.1 Å². The van der Waals surface area contributed by atoms with Crippen LogP contribution in [0.1, 0.15) is 5.56 Å². The molecule has 0 bridgehead atoms. The van der Waals surface area contributed by atoms with Crippen molar-refractivity contribution in [2.45, 2.75) is 6.42 Å². The molecule has 2 heteroatoms. The first-order chi connectivity index (χ1) is 5.25. The maximum absolute atomic E-state index is 12.8. The van der Waals surface area contributed by atoms with Gasteiger partial charge >= 0.3 is 0 Å². The van der Waals surface area contributed by atoms with Gasteiger partial charge in [-0.15, -0.1) is 12.3 Å². The maximum Gasteiger partial charge on any atom is 0.137 e. The monoisotopic (exact) mass is 212 g/mol. The Morgan fingerprint density at radius 1 is 1.55 bits per heavy atom. The summed E-state index contributed by atoms with van der Waals surface area (Å²) in [6.07, 6.45) is 5.54. The molecule has 0 aliphatic carbocycles. The van der Waals surface area contributed by atoms with E-state index < -0.39 is 0 Å². The standard InChI is InChI=1S/C9H6BrF/c1-2-4-7-5-3-6-8(11)9(7)10/h1,3,5-6H,4H2. The predicted octanol–water partition coefficient (Wildman–Crippen LogP) is 2.76. The van der Waals surface area contributed by atoms with Gasteiger partial charge in [0.15, 0.2) is 0 Å². The second-order valence-corrected chi connectivity index (χ2v) is 2.89. The van der Waals surface area contributed by atoms with E-state index in [4.69, 9.17) is 6.42 Å². The number of hydrogen-bond donors (Lipinski definition) is 0.